The molecule has 350 valence electrons. The number of amides is 1. The number of aryl methyl sites for hydroxylation is 1. The Balaban J connectivity index is 1.92. The number of aliphatic hydroxyl groups is 4. The maximum absolute atomic E-state index is 13.8. The van der Waals surface area contributed by atoms with E-state index in [9.17, 15) is 30.0 Å². The molecule has 15 heteroatoms. The summed E-state index contributed by atoms with van der Waals surface area (Å²) in [6.45, 7) is 18.6. The van der Waals surface area contributed by atoms with Gasteiger partial charge < -0.3 is 55.5 Å². The fourth-order valence-corrected chi connectivity index (χ4v) is 9.78. The number of carbonyl (C=O) groups excluding carboxylic acids is 2. The Kier molecular flexibility index (Phi) is 20.8. The average molecular weight is 880 g/mol. The number of carbonyl (C=O) groups is 2. The van der Waals surface area contributed by atoms with E-state index in [4.69, 9.17) is 32.2 Å². The minimum Gasteiger partial charge on any atom is -0.459 e. The number of benzene rings is 1. The van der Waals surface area contributed by atoms with Gasteiger partial charge in [-0.05, 0) is 111 Å². The maximum Gasteiger partial charge on any atom is 0.311 e. The van der Waals surface area contributed by atoms with Crippen LogP contribution in [0.1, 0.15) is 106 Å². The molecule has 61 heavy (non-hydrogen) atoms. The SMILES string of the molecule is CC[C@H]1OC(=O)[C@H](C)[C@@H](O)[C@H](C)[C@@H](O[C@@H]2O[C@H](C)C[C@H](N(C)C)[C@H]2C)[C@](C)(O)C[C@@H](C)CN(CCCN(CCC(N)=O)C(=S)NCCCc2ccccc2)[C@H](C)[C@@H](O)[C@]1(C)O. The molecule has 2 heterocycles. The van der Waals surface area contributed by atoms with Gasteiger partial charge in [0.05, 0.1) is 29.8 Å². The van der Waals surface area contributed by atoms with Crippen molar-refractivity contribution in [3.05, 3.63) is 35.9 Å². The van der Waals surface area contributed by atoms with Gasteiger partial charge in [0.2, 0.25) is 5.91 Å². The first kappa shape index (κ1) is 52.9. The third kappa shape index (κ3) is 15.1. The number of nitrogens with zero attached hydrogens (tertiary/aromatic N) is 3. The molecule has 1 aromatic rings. The van der Waals surface area contributed by atoms with Crippen molar-refractivity contribution in [2.45, 2.75) is 167 Å². The van der Waals surface area contributed by atoms with E-state index in [0.29, 0.717) is 44.3 Å². The summed E-state index contributed by atoms with van der Waals surface area (Å²) in [5.74, 6) is -3.19. The van der Waals surface area contributed by atoms with Crippen molar-refractivity contribution in [2.24, 2.45) is 29.4 Å². The summed E-state index contributed by atoms with van der Waals surface area (Å²) >= 11 is 5.81. The zero-order chi connectivity index (χ0) is 45.8. The molecule has 1 amide bonds. The molecule has 0 aliphatic carbocycles. The van der Waals surface area contributed by atoms with E-state index in [1.165, 1.54) is 12.5 Å². The first-order valence-corrected chi connectivity index (χ1v) is 23.0. The first-order chi connectivity index (χ1) is 28.5. The smallest absolute Gasteiger partial charge is 0.311 e. The number of nitrogens with two attached hydrogens (primary N) is 1. The summed E-state index contributed by atoms with van der Waals surface area (Å²) < 4.78 is 19.1. The molecule has 1 aromatic carbocycles. The van der Waals surface area contributed by atoms with E-state index in [2.05, 4.69) is 34.2 Å². The molecule has 0 aromatic heterocycles. The van der Waals surface area contributed by atoms with Crippen molar-refractivity contribution in [1.29, 1.82) is 0 Å². The number of thiocarbonyl (C=S) groups is 1. The van der Waals surface area contributed by atoms with E-state index in [0.717, 1.165) is 19.3 Å². The molecule has 14 nitrogen and oxygen atoms in total. The Morgan fingerprint density at radius 2 is 1.69 bits per heavy atom. The summed E-state index contributed by atoms with van der Waals surface area (Å²) in [5, 5.41) is 52.1. The van der Waals surface area contributed by atoms with Crippen LogP contribution < -0.4 is 11.1 Å². The van der Waals surface area contributed by atoms with Crippen LogP contribution in [0.4, 0.5) is 0 Å². The maximum atomic E-state index is 13.8. The fourth-order valence-electron chi connectivity index (χ4n) is 9.50. The lowest BCUT2D eigenvalue weighted by Gasteiger charge is -2.47. The van der Waals surface area contributed by atoms with Gasteiger partial charge in [0.15, 0.2) is 11.4 Å². The second-order valence-corrected chi connectivity index (χ2v) is 19.3. The van der Waals surface area contributed by atoms with E-state index < -0.39 is 71.7 Å². The Morgan fingerprint density at radius 1 is 1.03 bits per heavy atom. The molecule has 14 atom stereocenters. The number of esters is 1. The lowest BCUT2D eigenvalue weighted by atomic mass is 9.77. The van der Waals surface area contributed by atoms with Crippen molar-refractivity contribution in [1.82, 2.24) is 20.0 Å². The van der Waals surface area contributed by atoms with Crippen LogP contribution >= 0.6 is 12.2 Å². The minimum atomic E-state index is -1.86. The van der Waals surface area contributed by atoms with Crippen LogP contribution in [0.3, 0.4) is 0 Å². The van der Waals surface area contributed by atoms with Gasteiger partial charge >= 0.3 is 5.97 Å². The minimum absolute atomic E-state index is 0.0620. The van der Waals surface area contributed by atoms with Gasteiger partial charge in [-0.1, -0.05) is 58.0 Å². The van der Waals surface area contributed by atoms with Gasteiger partial charge in [-0.15, -0.1) is 0 Å². The van der Waals surface area contributed by atoms with Gasteiger partial charge in [0.25, 0.3) is 0 Å². The number of primary amides is 1. The normalized spacial score (nSPS) is 36.1. The molecule has 2 aliphatic heterocycles. The van der Waals surface area contributed by atoms with E-state index in [1.807, 2.05) is 58.0 Å². The molecule has 0 saturated carbocycles. The van der Waals surface area contributed by atoms with E-state index in [1.54, 1.807) is 27.7 Å². The first-order valence-electron chi connectivity index (χ1n) is 22.6. The van der Waals surface area contributed by atoms with Gasteiger partial charge in [0, 0.05) is 63.1 Å². The molecular weight excluding hydrogens is 799 g/mol. The van der Waals surface area contributed by atoms with Crippen LogP contribution in [0.2, 0.25) is 0 Å². The molecule has 2 fully saturated rings. The summed E-state index contributed by atoms with van der Waals surface area (Å²) in [4.78, 5) is 31.8. The second-order valence-electron chi connectivity index (χ2n) is 18.9. The predicted molar refractivity (Wildman–Crippen MR) is 242 cm³/mol. The summed E-state index contributed by atoms with van der Waals surface area (Å²) in [6.07, 6.45) is -1.71. The second kappa shape index (κ2) is 24.0. The molecule has 0 spiro atoms. The van der Waals surface area contributed by atoms with Gasteiger partial charge in [-0.2, -0.15) is 0 Å². The van der Waals surface area contributed by atoms with E-state index >= 15 is 0 Å². The number of cyclic esters (lactones) is 1. The summed E-state index contributed by atoms with van der Waals surface area (Å²) in [7, 11) is 4.06. The van der Waals surface area contributed by atoms with Crippen molar-refractivity contribution in [2.75, 3.05) is 46.8 Å². The van der Waals surface area contributed by atoms with Gasteiger partial charge in [-0.25, -0.2) is 0 Å². The average Bonchev–Trinajstić information content (AvgIpc) is 3.20. The van der Waals surface area contributed by atoms with Crippen LogP contribution in [-0.2, 0) is 30.2 Å². The van der Waals surface area contributed by atoms with Crippen LogP contribution in [0, 0.1) is 23.7 Å². The molecule has 0 radical (unpaired) electrons. The highest BCUT2D eigenvalue weighted by Crippen LogP contribution is 2.38. The summed E-state index contributed by atoms with van der Waals surface area (Å²) in [5.41, 5.74) is 3.44. The lowest BCUT2D eigenvalue weighted by molar-refractivity contribution is -0.285. The highest BCUT2D eigenvalue weighted by molar-refractivity contribution is 7.80. The number of hydrogen-bond donors (Lipinski definition) is 6. The number of aliphatic hydroxyl groups excluding tert-OH is 2. The molecular formula is C46H81N5O9S. The highest BCUT2D eigenvalue weighted by Gasteiger charge is 2.49. The lowest BCUT2D eigenvalue weighted by Crippen LogP contribution is -2.59. The molecule has 3 rings (SSSR count). The Hall–Kier alpha value is -2.47. The monoisotopic (exact) mass is 880 g/mol. The molecule has 2 aliphatic rings. The Morgan fingerprint density at radius 3 is 2.30 bits per heavy atom. The largest absolute Gasteiger partial charge is 0.459 e. The predicted octanol–water partition coefficient (Wildman–Crippen LogP) is 3.70. The van der Waals surface area contributed by atoms with Crippen LogP contribution in [-0.4, -0.2) is 159 Å². The fraction of sp³-hybridized carbons (Fsp3) is 0.804. The summed E-state index contributed by atoms with van der Waals surface area (Å²) in [6, 6.07) is 9.76. The number of hydrogen-bond acceptors (Lipinski definition) is 12. The van der Waals surface area contributed by atoms with Gasteiger partial charge in [0.1, 0.15) is 17.8 Å². The zero-order valence-corrected chi connectivity index (χ0v) is 39.8. The molecule has 2 saturated heterocycles. The van der Waals surface area contributed by atoms with Crippen LogP contribution in [0.5, 0.6) is 0 Å². The molecule has 0 unspecified atom stereocenters. The quantitative estimate of drug-likeness (QED) is 0.0850. The zero-order valence-electron chi connectivity index (χ0n) is 39.0. The third-order valence-corrected chi connectivity index (χ3v) is 13.6. The number of rotatable bonds is 15. The van der Waals surface area contributed by atoms with Crippen molar-refractivity contribution >= 4 is 29.2 Å². The molecule has 0 bridgehead atoms. The van der Waals surface area contributed by atoms with Crippen molar-refractivity contribution in [3.63, 3.8) is 0 Å². The van der Waals surface area contributed by atoms with Crippen molar-refractivity contribution < 1.29 is 44.2 Å². The standard InChI is InChI=1S/C46H81N5O9S/c1-12-37-46(9,57)40(54)34(7)51(24-17-23-50(25-21-38(47)52)44(61)48-22-16-20-35-18-14-13-15-19-35)28-29(2)27-45(8,56)41(32(5)39(53)33(6)42(55)59-37)60-43-31(4)36(49(10)11)26-30(3)58-43/h13-15,18-19,29-34,36-37,39-41,43,53-54,56-57H,12,16-17,20-28H2,1-11H3,(H2,47,52)(H,48,61)/t29-,30-,31-,32+,33-,34-,36+,37-,39+,40-,41-,43+,45-,46-/m1/s1. The third-order valence-electron chi connectivity index (χ3n) is 13.2. The number of ether oxygens (including phenoxy) is 3. The van der Waals surface area contributed by atoms with Crippen molar-refractivity contribution in [3.8, 4) is 0 Å². The van der Waals surface area contributed by atoms with E-state index in [-0.39, 0.29) is 43.2 Å². The Bertz CT molecular complexity index is 1500. The molecule has 7 N–H and O–H groups in total. The van der Waals surface area contributed by atoms with Gasteiger partial charge in [-0.3, -0.25) is 14.5 Å². The number of nitrogens with one attached hydrogen (secondary N) is 1. The van der Waals surface area contributed by atoms with Crippen LogP contribution in [0.25, 0.3) is 0 Å². The van der Waals surface area contributed by atoms with Crippen LogP contribution in [0.15, 0.2) is 30.3 Å². The Labute approximate surface area is 371 Å². The topological polar surface area (TPSA) is 191 Å². The highest BCUT2D eigenvalue weighted by atomic mass is 32.1.